The lowest BCUT2D eigenvalue weighted by Gasteiger charge is -2.21. The molecule has 1 heterocycles. The summed E-state index contributed by atoms with van der Waals surface area (Å²) in [5, 5.41) is 13.2. The van der Waals surface area contributed by atoms with Crippen LogP contribution in [0.2, 0.25) is 0 Å². The largest absolute Gasteiger partial charge is 0.481 e. The normalized spacial score (nSPS) is 11.8. The van der Waals surface area contributed by atoms with E-state index in [-0.39, 0.29) is 12.0 Å². The number of hydrogen-bond donors (Lipinski definition) is 1. The molecule has 0 aliphatic carbocycles. The maximum atomic E-state index is 10.6. The van der Waals surface area contributed by atoms with Crippen molar-refractivity contribution in [1.82, 2.24) is 9.78 Å². The Labute approximate surface area is 96.3 Å². The zero-order chi connectivity index (χ0) is 12.5. The number of aliphatic carboxylic acids is 1. The Morgan fingerprint density at radius 1 is 1.38 bits per heavy atom. The number of carbonyl (C=O) groups is 1. The zero-order valence-corrected chi connectivity index (χ0v) is 10.7. The first-order valence-electron chi connectivity index (χ1n) is 5.51. The third-order valence-electron chi connectivity index (χ3n) is 2.67. The minimum atomic E-state index is -0.762. The molecule has 90 valence electrons. The predicted octanol–water partition coefficient (Wildman–Crippen LogP) is 2.27. The molecule has 4 heteroatoms. The molecule has 4 nitrogen and oxygen atoms in total. The van der Waals surface area contributed by atoms with Crippen molar-refractivity contribution in [3.8, 4) is 0 Å². The standard InChI is InChI=1S/C12H20N2O2/c1-8-10(6-7-11(15)16)9(2)14(13-8)12(3,4)5/h6-7H2,1-5H3,(H,15,16). The molecule has 1 rings (SSSR count). The summed E-state index contributed by atoms with van der Waals surface area (Å²) in [6.07, 6.45) is 0.723. The highest BCUT2D eigenvalue weighted by Gasteiger charge is 2.20. The first-order valence-corrected chi connectivity index (χ1v) is 5.51. The number of aryl methyl sites for hydroxylation is 1. The molecule has 0 spiro atoms. The summed E-state index contributed by atoms with van der Waals surface area (Å²) < 4.78 is 1.97. The Balaban J connectivity index is 3.03. The van der Waals surface area contributed by atoms with Gasteiger partial charge in [0, 0.05) is 12.1 Å². The van der Waals surface area contributed by atoms with Crippen molar-refractivity contribution in [2.45, 2.75) is 53.0 Å². The summed E-state index contributed by atoms with van der Waals surface area (Å²) in [5.74, 6) is -0.762. The maximum absolute atomic E-state index is 10.6. The molecule has 0 fully saturated rings. The lowest BCUT2D eigenvalue weighted by molar-refractivity contribution is -0.136. The molecule has 0 radical (unpaired) electrons. The predicted molar refractivity (Wildman–Crippen MR) is 62.7 cm³/mol. The highest BCUT2D eigenvalue weighted by molar-refractivity contribution is 5.67. The van der Waals surface area contributed by atoms with E-state index in [0.29, 0.717) is 6.42 Å². The van der Waals surface area contributed by atoms with Crippen molar-refractivity contribution in [3.05, 3.63) is 17.0 Å². The zero-order valence-electron chi connectivity index (χ0n) is 10.7. The fourth-order valence-corrected chi connectivity index (χ4v) is 1.92. The van der Waals surface area contributed by atoms with Crippen molar-refractivity contribution < 1.29 is 9.90 Å². The van der Waals surface area contributed by atoms with Crippen LogP contribution in [-0.2, 0) is 16.8 Å². The topological polar surface area (TPSA) is 55.1 Å². The molecule has 1 N–H and O–H groups in total. The van der Waals surface area contributed by atoms with Gasteiger partial charge < -0.3 is 5.11 Å². The number of nitrogens with zero attached hydrogens (tertiary/aromatic N) is 2. The van der Waals surface area contributed by atoms with Gasteiger partial charge in [0.1, 0.15) is 0 Å². The van der Waals surface area contributed by atoms with Crippen molar-refractivity contribution in [2.75, 3.05) is 0 Å². The summed E-state index contributed by atoms with van der Waals surface area (Å²) in [6.45, 7) is 10.2. The molecule has 0 amide bonds. The summed E-state index contributed by atoms with van der Waals surface area (Å²) in [5.41, 5.74) is 3.02. The van der Waals surface area contributed by atoms with Gasteiger partial charge in [-0.25, -0.2) is 0 Å². The second kappa shape index (κ2) is 4.28. The second-order valence-corrected chi connectivity index (χ2v) is 5.13. The molecule has 0 aliphatic heterocycles. The fourth-order valence-electron chi connectivity index (χ4n) is 1.92. The lowest BCUT2D eigenvalue weighted by atomic mass is 10.1. The Morgan fingerprint density at radius 2 is 1.94 bits per heavy atom. The van der Waals surface area contributed by atoms with Gasteiger partial charge in [0.05, 0.1) is 11.2 Å². The van der Waals surface area contributed by atoms with Crippen LogP contribution >= 0.6 is 0 Å². The molecule has 1 aromatic rings. The van der Waals surface area contributed by atoms with E-state index in [4.69, 9.17) is 5.11 Å². The highest BCUT2D eigenvalue weighted by Crippen LogP contribution is 2.22. The van der Waals surface area contributed by atoms with Crippen molar-refractivity contribution in [1.29, 1.82) is 0 Å². The molecule has 0 unspecified atom stereocenters. The van der Waals surface area contributed by atoms with Gasteiger partial charge in [-0.1, -0.05) is 0 Å². The number of carboxylic acid groups (broad SMARTS) is 1. The minimum absolute atomic E-state index is 0.0592. The van der Waals surface area contributed by atoms with Crippen LogP contribution in [0.25, 0.3) is 0 Å². The maximum Gasteiger partial charge on any atom is 0.303 e. The average molecular weight is 224 g/mol. The highest BCUT2D eigenvalue weighted by atomic mass is 16.4. The molecular weight excluding hydrogens is 204 g/mol. The third kappa shape index (κ3) is 2.62. The summed E-state index contributed by atoms with van der Waals surface area (Å²) in [4.78, 5) is 10.6. The Hall–Kier alpha value is -1.32. The van der Waals surface area contributed by atoms with Gasteiger partial charge in [-0.2, -0.15) is 5.10 Å². The van der Waals surface area contributed by atoms with E-state index >= 15 is 0 Å². The van der Waals surface area contributed by atoms with Gasteiger partial charge in [0.15, 0.2) is 0 Å². The van der Waals surface area contributed by atoms with Crippen LogP contribution < -0.4 is 0 Å². The van der Waals surface area contributed by atoms with Gasteiger partial charge in [-0.3, -0.25) is 9.48 Å². The van der Waals surface area contributed by atoms with Gasteiger partial charge >= 0.3 is 5.97 Å². The van der Waals surface area contributed by atoms with Crippen molar-refractivity contribution in [2.24, 2.45) is 0 Å². The van der Waals surface area contributed by atoms with E-state index in [9.17, 15) is 4.79 Å². The summed E-state index contributed by atoms with van der Waals surface area (Å²) in [7, 11) is 0. The first kappa shape index (κ1) is 12.7. The van der Waals surface area contributed by atoms with Gasteiger partial charge in [-0.05, 0) is 46.6 Å². The van der Waals surface area contributed by atoms with Crippen LogP contribution in [0.4, 0.5) is 0 Å². The van der Waals surface area contributed by atoms with Crippen LogP contribution in [0.1, 0.15) is 44.1 Å². The fraction of sp³-hybridized carbons (Fsp3) is 0.667. The van der Waals surface area contributed by atoms with Gasteiger partial charge in [0.2, 0.25) is 0 Å². The average Bonchev–Trinajstić information content (AvgIpc) is 2.38. The quantitative estimate of drug-likeness (QED) is 0.856. The summed E-state index contributed by atoms with van der Waals surface area (Å²) in [6, 6.07) is 0. The van der Waals surface area contributed by atoms with Crippen LogP contribution in [0.15, 0.2) is 0 Å². The molecule has 0 atom stereocenters. The number of hydrogen-bond acceptors (Lipinski definition) is 2. The lowest BCUT2D eigenvalue weighted by Crippen LogP contribution is -2.24. The first-order chi connectivity index (χ1) is 7.23. The smallest absolute Gasteiger partial charge is 0.303 e. The van der Waals surface area contributed by atoms with E-state index < -0.39 is 5.97 Å². The molecule has 0 aliphatic rings. The monoisotopic (exact) mass is 224 g/mol. The van der Waals surface area contributed by atoms with Crippen LogP contribution in [0.3, 0.4) is 0 Å². The number of aromatic nitrogens is 2. The van der Waals surface area contributed by atoms with E-state index in [2.05, 4.69) is 25.9 Å². The molecular formula is C12H20N2O2. The van der Waals surface area contributed by atoms with Gasteiger partial charge in [0.25, 0.3) is 0 Å². The minimum Gasteiger partial charge on any atom is -0.481 e. The SMILES string of the molecule is Cc1nn(C(C)(C)C)c(C)c1CCC(=O)O. The van der Waals surface area contributed by atoms with E-state index in [1.807, 2.05) is 18.5 Å². The molecule has 0 saturated heterocycles. The molecule has 16 heavy (non-hydrogen) atoms. The molecule has 0 aromatic carbocycles. The second-order valence-electron chi connectivity index (χ2n) is 5.13. The van der Waals surface area contributed by atoms with Crippen molar-refractivity contribution in [3.63, 3.8) is 0 Å². The molecule has 0 bridgehead atoms. The van der Waals surface area contributed by atoms with Crippen LogP contribution in [0.5, 0.6) is 0 Å². The Kier molecular flexibility index (Phi) is 3.41. The third-order valence-corrected chi connectivity index (χ3v) is 2.67. The van der Waals surface area contributed by atoms with E-state index in [0.717, 1.165) is 17.0 Å². The number of carboxylic acids is 1. The number of rotatable bonds is 3. The van der Waals surface area contributed by atoms with E-state index in [1.165, 1.54) is 0 Å². The Bertz CT molecular complexity index is 400. The van der Waals surface area contributed by atoms with E-state index in [1.54, 1.807) is 0 Å². The van der Waals surface area contributed by atoms with Gasteiger partial charge in [-0.15, -0.1) is 0 Å². The van der Waals surface area contributed by atoms with Crippen LogP contribution in [-0.4, -0.2) is 20.9 Å². The molecule has 1 aromatic heterocycles. The molecule has 0 saturated carbocycles. The Morgan fingerprint density at radius 3 is 2.31 bits per heavy atom. The summed E-state index contributed by atoms with van der Waals surface area (Å²) >= 11 is 0. The van der Waals surface area contributed by atoms with Crippen molar-refractivity contribution >= 4 is 5.97 Å². The van der Waals surface area contributed by atoms with Crippen LogP contribution in [0, 0.1) is 13.8 Å².